The fourth-order valence-corrected chi connectivity index (χ4v) is 2.96. The van der Waals surface area contributed by atoms with Crippen LogP contribution >= 0.6 is 0 Å². The van der Waals surface area contributed by atoms with Crippen LogP contribution in [0, 0.1) is 0 Å². The minimum absolute atomic E-state index is 0.00893. The zero-order valence-electron chi connectivity index (χ0n) is 13.0. The summed E-state index contributed by atoms with van der Waals surface area (Å²) in [5, 5.41) is 9.16. The average molecular weight is 326 g/mol. The molecule has 6 heteroatoms. The van der Waals surface area contributed by atoms with E-state index in [1.165, 1.54) is 37.8 Å². The molecule has 124 valence electrons. The Labute approximate surface area is 134 Å². The molecule has 0 aromatic heterocycles. The summed E-state index contributed by atoms with van der Waals surface area (Å²) in [5.41, 5.74) is 0.240. The van der Waals surface area contributed by atoms with Crippen molar-refractivity contribution in [1.29, 1.82) is 0 Å². The molecule has 0 heterocycles. The maximum Gasteiger partial charge on any atom is 0.337 e. The van der Waals surface area contributed by atoms with E-state index in [-0.39, 0.29) is 11.3 Å². The van der Waals surface area contributed by atoms with Gasteiger partial charge >= 0.3 is 5.97 Å². The van der Waals surface area contributed by atoms with Crippen molar-refractivity contribution >= 4 is 22.9 Å². The number of anilines is 1. The summed E-state index contributed by atoms with van der Waals surface area (Å²) in [4.78, 5) is 11.2. The highest BCUT2D eigenvalue weighted by Gasteiger charge is 2.15. The van der Waals surface area contributed by atoms with Crippen LogP contribution in [0.15, 0.2) is 24.3 Å². The van der Waals surface area contributed by atoms with E-state index in [4.69, 9.17) is 5.11 Å². The lowest BCUT2D eigenvalue weighted by Gasteiger charge is -2.27. The second-order valence-corrected chi connectivity index (χ2v) is 6.14. The van der Waals surface area contributed by atoms with Gasteiger partial charge in [0.05, 0.1) is 11.3 Å². The Balaban J connectivity index is 2.56. The molecule has 0 bridgehead atoms. The lowest BCUT2D eigenvalue weighted by atomic mass is 10.1. The van der Waals surface area contributed by atoms with E-state index in [1.54, 1.807) is 12.1 Å². The molecule has 0 aliphatic rings. The topological polar surface area (TPSA) is 80.7 Å². The van der Waals surface area contributed by atoms with E-state index in [0.717, 1.165) is 23.6 Å². The van der Waals surface area contributed by atoms with Crippen LogP contribution in [0.4, 0.5) is 5.69 Å². The number of carboxylic acids is 1. The SMILES string of the molecule is CCCCCCCCCN(c1ccccc1C(=O)O)S(=O)[O-]. The zero-order valence-corrected chi connectivity index (χ0v) is 13.8. The van der Waals surface area contributed by atoms with Crippen molar-refractivity contribution in [3.8, 4) is 0 Å². The fourth-order valence-electron chi connectivity index (χ4n) is 2.36. The number of unbranched alkanes of at least 4 members (excludes halogenated alkanes) is 6. The second kappa shape index (κ2) is 10.3. The molecule has 1 N–H and O–H groups in total. The van der Waals surface area contributed by atoms with Crippen molar-refractivity contribution in [2.45, 2.75) is 51.9 Å². The Morgan fingerprint density at radius 3 is 2.32 bits per heavy atom. The van der Waals surface area contributed by atoms with Crippen LogP contribution in [0.1, 0.15) is 62.2 Å². The summed E-state index contributed by atoms with van der Waals surface area (Å²) in [7, 11) is 0. The lowest BCUT2D eigenvalue weighted by Crippen LogP contribution is -2.28. The van der Waals surface area contributed by atoms with Crippen molar-refractivity contribution in [3.63, 3.8) is 0 Å². The monoisotopic (exact) mass is 326 g/mol. The highest BCUT2D eigenvalue weighted by atomic mass is 32.2. The van der Waals surface area contributed by atoms with Gasteiger partial charge in [-0.1, -0.05) is 57.6 Å². The third-order valence-electron chi connectivity index (χ3n) is 3.55. The quantitative estimate of drug-likeness (QED) is 0.496. The van der Waals surface area contributed by atoms with Gasteiger partial charge in [0.2, 0.25) is 0 Å². The van der Waals surface area contributed by atoms with Crippen molar-refractivity contribution < 1.29 is 18.7 Å². The molecule has 0 fully saturated rings. The number of benzene rings is 1. The first-order valence-electron chi connectivity index (χ1n) is 7.77. The van der Waals surface area contributed by atoms with Crippen LogP contribution in [-0.4, -0.2) is 26.4 Å². The Hall–Kier alpha value is -1.40. The molecule has 5 nitrogen and oxygen atoms in total. The van der Waals surface area contributed by atoms with Gasteiger partial charge in [0.1, 0.15) is 0 Å². The maximum atomic E-state index is 11.4. The van der Waals surface area contributed by atoms with Crippen LogP contribution in [-0.2, 0) is 11.3 Å². The molecule has 0 radical (unpaired) electrons. The molecule has 1 aromatic carbocycles. The molecule has 0 saturated carbocycles. The number of hydrogen-bond donors (Lipinski definition) is 1. The first-order chi connectivity index (χ1) is 10.6. The molecule has 0 aliphatic carbocycles. The van der Waals surface area contributed by atoms with E-state index in [2.05, 4.69) is 6.92 Å². The number of para-hydroxylation sites is 1. The summed E-state index contributed by atoms with van der Waals surface area (Å²) < 4.78 is 24.0. The van der Waals surface area contributed by atoms with Gasteiger partial charge in [-0.2, -0.15) is 0 Å². The molecule has 22 heavy (non-hydrogen) atoms. The normalized spacial score (nSPS) is 12.1. The highest BCUT2D eigenvalue weighted by Crippen LogP contribution is 2.22. The average Bonchev–Trinajstić information content (AvgIpc) is 2.49. The summed E-state index contributed by atoms with van der Waals surface area (Å²) in [6, 6.07) is 6.18. The standard InChI is InChI=1S/C16H25NO4S/c1-2-3-4-5-6-7-10-13-17(22(20)21)15-12-9-8-11-14(15)16(18)19/h8-9,11-12H,2-7,10,13H2,1H3,(H,18,19)(H,20,21)/p-1. The summed E-state index contributed by atoms with van der Waals surface area (Å²) in [6.07, 6.45) is 7.59. The Morgan fingerprint density at radius 2 is 1.73 bits per heavy atom. The van der Waals surface area contributed by atoms with Crippen molar-refractivity contribution in [1.82, 2.24) is 0 Å². The van der Waals surface area contributed by atoms with Gasteiger partial charge in [0.15, 0.2) is 0 Å². The highest BCUT2D eigenvalue weighted by molar-refractivity contribution is 7.80. The van der Waals surface area contributed by atoms with Crippen LogP contribution in [0.3, 0.4) is 0 Å². The molecule has 0 spiro atoms. The molecule has 1 atom stereocenters. The molecule has 0 aliphatic heterocycles. The van der Waals surface area contributed by atoms with Crippen molar-refractivity contribution in [2.75, 3.05) is 10.8 Å². The van der Waals surface area contributed by atoms with Gasteiger partial charge in [-0.05, 0) is 18.6 Å². The van der Waals surface area contributed by atoms with Gasteiger partial charge in [0.25, 0.3) is 0 Å². The second-order valence-electron chi connectivity index (χ2n) is 5.26. The largest absolute Gasteiger partial charge is 0.755 e. The number of carboxylic acid groups (broad SMARTS) is 1. The van der Waals surface area contributed by atoms with Gasteiger partial charge in [-0.25, -0.2) is 4.79 Å². The first kappa shape index (κ1) is 18.6. The number of carbonyl (C=O) groups is 1. The predicted octanol–water partition coefficient (Wildman–Crippen LogP) is 3.74. The third kappa shape index (κ3) is 6.15. The maximum absolute atomic E-state index is 11.4. The predicted molar refractivity (Wildman–Crippen MR) is 87.7 cm³/mol. The van der Waals surface area contributed by atoms with E-state index in [9.17, 15) is 13.6 Å². The summed E-state index contributed by atoms with van der Waals surface area (Å²) in [6.45, 7) is 2.48. The summed E-state index contributed by atoms with van der Waals surface area (Å²) in [5.74, 6) is -1.12. The van der Waals surface area contributed by atoms with Crippen LogP contribution < -0.4 is 4.31 Å². The minimum atomic E-state index is -2.47. The molecule has 0 amide bonds. The van der Waals surface area contributed by atoms with E-state index in [0.29, 0.717) is 6.54 Å². The molecular weight excluding hydrogens is 302 g/mol. The van der Waals surface area contributed by atoms with Crippen molar-refractivity contribution in [3.05, 3.63) is 29.8 Å². The number of rotatable bonds is 11. The zero-order chi connectivity index (χ0) is 16.4. The number of nitrogens with zero attached hydrogens (tertiary/aromatic N) is 1. The Kier molecular flexibility index (Phi) is 8.77. The fraction of sp³-hybridized carbons (Fsp3) is 0.562. The summed E-state index contributed by atoms with van der Waals surface area (Å²) >= 11 is -2.47. The van der Waals surface area contributed by atoms with E-state index < -0.39 is 17.2 Å². The molecule has 1 aromatic rings. The molecule has 0 saturated heterocycles. The first-order valence-corrected chi connectivity index (χ1v) is 8.80. The number of aromatic carboxylic acids is 1. The smallest absolute Gasteiger partial charge is 0.337 e. The minimum Gasteiger partial charge on any atom is -0.755 e. The molecule has 1 unspecified atom stereocenters. The Morgan fingerprint density at radius 1 is 1.14 bits per heavy atom. The van der Waals surface area contributed by atoms with Crippen LogP contribution in [0.5, 0.6) is 0 Å². The van der Waals surface area contributed by atoms with Gasteiger partial charge in [-0.15, -0.1) is 0 Å². The lowest BCUT2D eigenvalue weighted by molar-refractivity contribution is 0.0698. The third-order valence-corrected chi connectivity index (χ3v) is 4.29. The number of hydrogen-bond acceptors (Lipinski definition) is 3. The van der Waals surface area contributed by atoms with E-state index >= 15 is 0 Å². The van der Waals surface area contributed by atoms with Crippen LogP contribution in [0.2, 0.25) is 0 Å². The van der Waals surface area contributed by atoms with E-state index in [1.807, 2.05) is 0 Å². The van der Waals surface area contributed by atoms with Gasteiger partial charge in [-0.3, -0.25) is 4.21 Å². The molecular formula is C16H24NO4S-. The van der Waals surface area contributed by atoms with Crippen LogP contribution in [0.25, 0.3) is 0 Å². The molecule has 1 rings (SSSR count). The Bertz CT molecular complexity index is 493. The van der Waals surface area contributed by atoms with Gasteiger partial charge < -0.3 is 14.0 Å². The van der Waals surface area contributed by atoms with Gasteiger partial charge in [0, 0.05) is 17.8 Å². The van der Waals surface area contributed by atoms with Crippen molar-refractivity contribution in [2.24, 2.45) is 0 Å².